The highest BCUT2D eigenvalue weighted by molar-refractivity contribution is 9.10. The molecule has 6 heteroatoms. The maximum atomic E-state index is 5.74. The van der Waals surface area contributed by atoms with E-state index in [9.17, 15) is 0 Å². The number of aromatic nitrogens is 1. The van der Waals surface area contributed by atoms with Crippen LogP contribution in [0.15, 0.2) is 22.7 Å². The minimum absolute atomic E-state index is 0.0319. The predicted octanol–water partition coefficient (Wildman–Crippen LogP) is 3.28. The van der Waals surface area contributed by atoms with Gasteiger partial charge in [-0.15, -0.1) is 11.3 Å². The standard InChI is InChI=1S/C14H18BrN3OS/c1-8-14(20-9(2)17-8)12(18-16)7-10-6-11(15)4-5-13(10)19-3/h4-6,12,18H,7,16H2,1-3H3. The fourth-order valence-electron chi connectivity index (χ4n) is 2.22. The second-order valence-corrected chi connectivity index (χ2v) is 6.71. The quantitative estimate of drug-likeness (QED) is 0.638. The number of hydrogen-bond acceptors (Lipinski definition) is 5. The van der Waals surface area contributed by atoms with Crippen molar-refractivity contribution in [3.63, 3.8) is 0 Å². The van der Waals surface area contributed by atoms with E-state index < -0.39 is 0 Å². The van der Waals surface area contributed by atoms with E-state index in [0.29, 0.717) is 0 Å². The van der Waals surface area contributed by atoms with Crippen LogP contribution in [0, 0.1) is 13.8 Å². The molecule has 20 heavy (non-hydrogen) atoms. The summed E-state index contributed by atoms with van der Waals surface area (Å²) in [6, 6.07) is 6.02. The largest absolute Gasteiger partial charge is 0.496 e. The number of benzene rings is 1. The van der Waals surface area contributed by atoms with Gasteiger partial charge in [0.1, 0.15) is 5.75 Å². The smallest absolute Gasteiger partial charge is 0.122 e. The lowest BCUT2D eigenvalue weighted by Gasteiger charge is -2.17. The first-order chi connectivity index (χ1) is 9.55. The van der Waals surface area contributed by atoms with E-state index in [1.165, 1.54) is 4.88 Å². The van der Waals surface area contributed by atoms with Crippen LogP contribution in [0.1, 0.15) is 27.2 Å². The van der Waals surface area contributed by atoms with Crippen molar-refractivity contribution in [2.24, 2.45) is 5.84 Å². The molecule has 0 bridgehead atoms. The van der Waals surface area contributed by atoms with Crippen molar-refractivity contribution in [3.8, 4) is 5.75 Å². The van der Waals surface area contributed by atoms with E-state index in [0.717, 1.165) is 32.9 Å². The van der Waals surface area contributed by atoms with E-state index in [4.69, 9.17) is 10.6 Å². The molecule has 1 unspecified atom stereocenters. The van der Waals surface area contributed by atoms with Crippen molar-refractivity contribution in [1.29, 1.82) is 0 Å². The molecule has 0 saturated heterocycles. The molecule has 0 saturated carbocycles. The Kier molecular flexibility index (Phi) is 5.15. The molecule has 1 aromatic heterocycles. The van der Waals surface area contributed by atoms with Gasteiger partial charge in [0.05, 0.1) is 23.9 Å². The molecule has 1 aromatic carbocycles. The predicted molar refractivity (Wildman–Crippen MR) is 86.1 cm³/mol. The van der Waals surface area contributed by atoms with Crippen LogP contribution < -0.4 is 16.0 Å². The van der Waals surface area contributed by atoms with Gasteiger partial charge in [0, 0.05) is 9.35 Å². The molecule has 1 heterocycles. The Bertz CT molecular complexity index is 600. The molecule has 0 spiro atoms. The molecule has 2 rings (SSSR count). The first-order valence-corrected chi connectivity index (χ1v) is 7.88. The number of nitrogens with one attached hydrogen (secondary N) is 1. The zero-order valence-electron chi connectivity index (χ0n) is 11.7. The van der Waals surface area contributed by atoms with Gasteiger partial charge < -0.3 is 4.74 Å². The summed E-state index contributed by atoms with van der Waals surface area (Å²) in [6.07, 6.45) is 0.752. The highest BCUT2D eigenvalue weighted by Crippen LogP contribution is 2.31. The van der Waals surface area contributed by atoms with Crippen LogP contribution in [0.25, 0.3) is 0 Å². The fraction of sp³-hybridized carbons (Fsp3) is 0.357. The fourth-order valence-corrected chi connectivity index (χ4v) is 3.62. The number of methoxy groups -OCH3 is 1. The number of ether oxygens (including phenoxy) is 1. The molecule has 4 nitrogen and oxygen atoms in total. The average molecular weight is 356 g/mol. The molecule has 0 aliphatic carbocycles. The lowest BCUT2D eigenvalue weighted by Crippen LogP contribution is -2.29. The zero-order valence-corrected chi connectivity index (χ0v) is 14.1. The van der Waals surface area contributed by atoms with Crippen LogP contribution in [0.2, 0.25) is 0 Å². The lowest BCUT2D eigenvalue weighted by molar-refractivity contribution is 0.405. The molecule has 108 valence electrons. The van der Waals surface area contributed by atoms with Gasteiger partial charge in [-0.25, -0.2) is 4.98 Å². The van der Waals surface area contributed by atoms with Crippen LogP contribution in [0.3, 0.4) is 0 Å². The normalized spacial score (nSPS) is 12.4. The molecular formula is C14H18BrN3OS. The van der Waals surface area contributed by atoms with Gasteiger partial charge in [0.25, 0.3) is 0 Å². The number of aryl methyl sites for hydroxylation is 2. The number of rotatable bonds is 5. The molecule has 0 radical (unpaired) electrons. The first-order valence-electron chi connectivity index (χ1n) is 6.27. The summed E-state index contributed by atoms with van der Waals surface area (Å²) in [5.41, 5.74) is 5.03. The summed E-state index contributed by atoms with van der Waals surface area (Å²) in [5, 5.41) is 1.05. The summed E-state index contributed by atoms with van der Waals surface area (Å²) in [4.78, 5) is 5.64. The number of halogens is 1. The van der Waals surface area contributed by atoms with Gasteiger partial charge in [-0.3, -0.25) is 11.3 Å². The average Bonchev–Trinajstić information content (AvgIpc) is 2.75. The van der Waals surface area contributed by atoms with Gasteiger partial charge in [0.15, 0.2) is 0 Å². The van der Waals surface area contributed by atoms with Gasteiger partial charge in [-0.05, 0) is 44.0 Å². The second kappa shape index (κ2) is 6.67. The van der Waals surface area contributed by atoms with E-state index >= 15 is 0 Å². The van der Waals surface area contributed by atoms with E-state index in [-0.39, 0.29) is 6.04 Å². The van der Waals surface area contributed by atoms with Crippen LogP contribution in [0.4, 0.5) is 0 Å². The number of hydrogen-bond donors (Lipinski definition) is 2. The van der Waals surface area contributed by atoms with E-state index in [2.05, 4.69) is 32.4 Å². The SMILES string of the molecule is COc1ccc(Br)cc1CC(NN)c1sc(C)nc1C. The Balaban J connectivity index is 2.31. The summed E-state index contributed by atoms with van der Waals surface area (Å²) in [5.74, 6) is 6.60. The van der Waals surface area contributed by atoms with Crippen molar-refractivity contribution < 1.29 is 4.74 Å². The van der Waals surface area contributed by atoms with E-state index in [1.807, 2.05) is 26.0 Å². The molecule has 3 N–H and O–H groups in total. The minimum Gasteiger partial charge on any atom is -0.496 e. The molecule has 2 aromatic rings. The molecule has 1 atom stereocenters. The highest BCUT2D eigenvalue weighted by atomic mass is 79.9. The van der Waals surface area contributed by atoms with Gasteiger partial charge in [-0.1, -0.05) is 15.9 Å². The topological polar surface area (TPSA) is 60.2 Å². The number of hydrazine groups is 1. The Labute approximate surface area is 131 Å². The lowest BCUT2D eigenvalue weighted by atomic mass is 10.0. The Hall–Kier alpha value is -0.950. The van der Waals surface area contributed by atoms with Crippen LogP contribution in [-0.2, 0) is 6.42 Å². The van der Waals surface area contributed by atoms with Crippen LogP contribution in [-0.4, -0.2) is 12.1 Å². The molecule has 0 aliphatic heterocycles. The van der Waals surface area contributed by atoms with Crippen molar-refractivity contribution in [3.05, 3.63) is 43.8 Å². The van der Waals surface area contributed by atoms with Crippen LogP contribution >= 0.6 is 27.3 Å². The van der Waals surface area contributed by atoms with Gasteiger partial charge in [0.2, 0.25) is 0 Å². The maximum Gasteiger partial charge on any atom is 0.122 e. The Morgan fingerprint density at radius 3 is 2.75 bits per heavy atom. The third kappa shape index (κ3) is 3.38. The molecule has 0 aliphatic rings. The number of nitrogens with zero attached hydrogens (tertiary/aromatic N) is 1. The van der Waals surface area contributed by atoms with Gasteiger partial charge >= 0.3 is 0 Å². The number of thiazole rings is 1. The zero-order chi connectivity index (χ0) is 14.7. The van der Waals surface area contributed by atoms with E-state index in [1.54, 1.807) is 18.4 Å². The Morgan fingerprint density at radius 2 is 2.20 bits per heavy atom. The van der Waals surface area contributed by atoms with Crippen molar-refractivity contribution in [1.82, 2.24) is 10.4 Å². The van der Waals surface area contributed by atoms with Gasteiger partial charge in [-0.2, -0.15) is 0 Å². The minimum atomic E-state index is 0.0319. The van der Waals surface area contributed by atoms with Crippen molar-refractivity contribution in [2.45, 2.75) is 26.3 Å². The molecular weight excluding hydrogens is 338 g/mol. The molecule has 0 amide bonds. The third-order valence-electron chi connectivity index (χ3n) is 3.12. The highest BCUT2D eigenvalue weighted by Gasteiger charge is 2.18. The summed E-state index contributed by atoms with van der Waals surface area (Å²) in [7, 11) is 1.68. The maximum absolute atomic E-state index is 5.74. The second-order valence-electron chi connectivity index (χ2n) is 4.56. The molecule has 0 fully saturated rings. The summed E-state index contributed by atoms with van der Waals surface area (Å²) >= 11 is 5.17. The van der Waals surface area contributed by atoms with Crippen molar-refractivity contribution >= 4 is 27.3 Å². The third-order valence-corrected chi connectivity index (χ3v) is 4.80. The Morgan fingerprint density at radius 1 is 1.45 bits per heavy atom. The summed E-state index contributed by atoms with van der Waals surface area (Å²) < 4.78 is 6.44. The van der Waals surface area contributed by atoms with Crippen LogP contribution in [0.5, 0.6) is 5.75 Å². The number of nitrogens with two attached hydrogens (primary N) is 1. The monoisotopic (exact) mass is 355 g/mol. The summed E-state index contributed by atoms with van der Waals surface area (Å²) in [6.45, 7) is 4.02. The van der Waals surface area contributed by atoms with Crippen molar-refractivity contribution in [2.75, 3.05) is 7.11 Å². The first kappa shape index (κ1) is 15.4.